The normalized spacial score (nSPS) is 24.9. The van der Waals surface area contributed by atoms with Crippen LogP contribution in [-0.4, -0.2) is 34.5 Å². The van der Waals surface area contributed by atoms with E-state index in [1.54, 1.807) is 0 Å². The van der Waals surface area contributed by atoms with Gasteiger partial charge in [-0.25, -0.2) is 0 Å². The number of nitrogens with one attached hydrogen (secondary N) is 1. The van der Waals surface area contributed by atoms with Gasteiger partial charge in [-0.2, -0.15) is 0 Å². The lowest BCUT2D eigenvalue weighted by atomic mass is 9.87. The van der Waals surface area contributed by atoms with Gasteiger partial charge in [-0.3, -0.25) is 14.9 Å². The average molecular weight is 336 g/mol. The van der Waals surface area contributed by atoms with Gasteiger partial charge in [-0.1, -0.05) is 12.1 Å². The summed E-state index contributed by atoms with van der Waals surface area (Å²) < 4.78 is 0. The zero-order valence-corrected chi connectivity index (χ0v) is 15.3. The van der Waals surface area contributed by atoms with Crippen LogP contribution < -0.4 is 5.32 Å². The molecule has 2 aromatic heterocycles. The number of hydrogen-bond donors (Lipinski definition) is 1. The molecule has 0 saturated carbocycles. The molecule has 0 spiro atoms. The molecule has 2 saturated heterocycles. The smallest absolute Gasteiger partial charge is 0.0604 e. The van der Waals surface area contributed by atoms with Crippen molar-refractivity contribution in [2.75, 3.05) is 19.6 Å². The highest BCUT2D eigenvalue weighted by Crippen LogP contribution is 2.42. The highest BCUT2D eigenvalue weighted by molar-refractivity contribution is 5.26. The Kier molecular flexibility index (Phi) is 4.82. The minimum absolute atomic E-state index is 0.405. The molecule has 0 amide bonds. The summed E-state index contributed by atoms with van der Waals surface area (Å²) in [4.78, 5) is 12.3. The molecule has 4 nitrogen and oxygen atoms in total. The van der Waals surface area contributed by atoms with Gasteiger partial charge in [0.15, 0.2) is 0 Å². The van der Waals surface area contributed by atoms with Gasteiger partial charge >= 0.3 is 0 Å². The Morgan fingerprint density at radius 3 is 1.96 bits per heavy atom. The standard InChI is InChI=1S/C21H28N4/c1-15-6-4-10-23-20(15)18-8-3-9-19(21-16(2)7-5-11-24-21)25(18)14-17-12-22-13-17/h4-7,10-11,17-19,22H,3,8-9,12-14H2,1-2H3/t18-,19+. The summed E-state index contributed by atoms with van der Waals surface area (Å²) in [5.74, 6) is 0.746. The summed E-state index contributed by atoms with van der Waals surface area (Å²) in [6.45, 7) is 7.80. The van der Waals surface area contributed by atoms with Crippen LogP contribution in [0.25, 0.3) is 0 Å². The Morgan fingerprint density at radius 2 is 1.52 bits per heavy atom. The van der Waals surface area contributed by atoms with E-state index < -0.39 is 0 Å². The van der Waals surface area contributed by atoms with E-state index in [1.807, 2.05) is 24.5 Å². The quantitative estimate of drug-likeness (QED) is 0.926. The molecule has 4 heterocycles. The van der Waals surface area contributed by atoms with E-state index in [0.717, 1.165) is 25.6 Å². The van der Waals surface area contributed by atoms with Crippen LogP contribution >= 0.6 is 0 Å². The topological polar surface area (TPSA) is 41.1 Å². The molecule has 0 unspecified atom stereocenters. The molecule has 0 aliphatic carbocycles. The van der Waals surface area contributed by atoms with Gasteiger partial charge in [0.25, 0.3) is 0 Å². The molecule has 4 heteroatoms. The lowest BCUT2D eigenvalue weighted by Crippen LogP contribution is -2.50. The Morgan fingerprint density at radius 1 is 0.960 bits per heavy atom. The molecule has 0 aromatic carbocycles. The zero-order valence-electron chi connectivity index (χ0n) is 15.3. The number of pyridine rings is 2. The van der Waals surface area contributed by atoms with Crippen molar-refractivity contribution in [3.8, 4) is 0 Å². The molecule has 132 valence electrons. The summed E-state index contributed by atoms with van der Waals surface area (Å²) in [5.41, 5.74) is 5.13. The molecular weight excluding hydrogens is 308 g/mol. The van der Waals surface area contributed by atoms with Gasteiger partial charge in [-0.05, 0) is 62.3 Å². The zero-order chi connectivity index (χ0) is 17.2. The Hall–Kier alpha value is -1.78. The van der Waals surface area contributed by atoms with Crippen molar-refractivity contribution >= 4 is 0 Å². The fourth-order valence-electron chi connectivity index (χ4n) is 4.36. The lowest BCUT2D eigenvalue weighted by Gasteiger charge is -2.45. The molecular formula is C21H28N4. The summed E-state index contributed by atoms with van der Waals surface area (Å²) in [6, 6.07) is 9.29. The van der Waals surface area contributed by atoms with Crippen molar-refractivity contribution in [2.24, 2.45) is 5.92 Å². The van der Waals surface area contributed by atoms with Gasteiger partial charge < -0.3 is 5.32 Å². The molecule has 0 bridgehead atoms. The summed E-state index contributed by atoms with van der Waals surface area (Å²) in [5, 5.41) is 3.42. The van der Waals surface area contributed by atoms with E-state index in [-0.39, 0.29) is 0 Å². The number of aromatic nitrogens is 2. The van der Waals surface area contributed by atoms with E-state index in [2.05, 4.69) is 36.2 Å². The van der Waals surface area contributed by atoms with Crippen LogP contribution in [-0.2, 0) is 0 Å². The van der Waals surface area contributed by atoms with Crippen LogP contribution in [0.3, 0.4) is 0 Å². The highest BCUT2D eigenvalue weighted by atomic mass is 15.2. The van der Waals surface area contributed by atoms with Crippen LogP contribution in [0.1, 0.15) is 53.9 Å². The van der Waals surface area contributed by atoms with E-state index in [4.69, 9.17) is 9.97 Å². The number of rotatable bonds is 4. The van der Waals surface area contributed by atoms with Gasteiger partial charge in [-0.15, -0.1) is 0 Å². The predicted octanol–water partition coefficient (Wildman–Crippen LogP) is 3.58. The van der Waals surface area contributed by atoms with Gasteiger partial charge in [0, 0.05) is 32.0 Å². The molecule has 1 N–H and O–H groups in total. The molecule has 2 atom stereocenters. The van der Waals surface area contributed by atoms with Crippen molar-refractivity contribution in [3.63, 3.8) is 0 Å². The highest BCUT2D eigenvalue weighted by Gasteiger charge is 2.37. The first-order valence-corrected chi connectivity index (χ1v) is 9.53. The first-order valence-electron chi connectivity index (χ1n) is 9.53. The van der Waals surface area contributed by atoms with Crippen LogP contribution in [0.5, 0.6) is 0 Å². The number of piperidine rings is 1. The fourth-order valence-corrected chi connectivity index (χ4v) is 4.36. The molecule has 2 fully saturated rings. The monoisotopic (exact) mass is 336 g/mol. The van der Waals surface area contributed by atoms with Crippen molar-refractivity contribution < 1.29 is 0 Å². The van der Waals surface area contributed by atoms with Gasteiger partial charge in [0.1, 0.15) is 0 Å². The Labute approximate surface area is 150 Å². The molecule has 25 heavy (non-hydrogen) atoms. The minimum atomic E-state index is 0.405. The largest absolute Gasteiger partial charge is 0.316 e. The second-order valence-electron chi connectivity index (χ2n) is 7.59. The number of aryl methyl sites for hydroxylation is 2. The molecule has 2 aliphatic heterocycles. The van der Waals surface area contributed by atoms with Crippen LogP contribution in [0, 0.1) is 19.8 Å². The summed E-state index contributed by atoms with van der Waals surface area (Å²) in [6.07, 6.45) is 7.52. The van der Waals surface area contributed by atoms with Crippen LogP contribution in [0.2, 0.25) is 0 Å². The SMILES string of the molecule is Cc1cccnc1[C@H]1CCC[C@@H](c2ncccc2C)N1CC1CNC1. The van der Waals surface area contributed by atoms with Gasteiger partial charge in [0.2, 0.25) is 0 Å². The minimum Gasteiger partial charge on any atom is -0.316 e. The fraction of sp³-hybridized carbons (Fsp3) is 0.524. The van der Waals surface area contributed by atoms with E-state index >= 15 is 0 Å². The molecule has 2 aliphatic rings. The Balaban J connectivity index is 1.70. The van der Waals surface area contributed by atoms with Crippen molar-refractivity contribution in [1.82, 2.24) is 20.2 Å². The third kappa shape index (κ3) is 3.33. The third-order valence-electron chi connectivity index (χ3n) is 5.82. The van der Waals surface area contributed by atoms with Crippen molar-refractivity contribution in [3.05, 3.63) is 59.2 Å². The van der Waals surface area contributed by atoms with E-state index in [1.165, 1.54) is 41.8 Å². The first kappa shape index (κ1) is 16.7. The first-order chi connectivity index (χ1) is 12.2. The molecule has 2 aromatic rings. The van der Waals surface area contributed by atoms with Crippen molar-refractivity contribution in [2.45, 2.75) is 45.2 Å². The Bertz CT molecular complexity index is 672. The average Bonchev–Trinajstić information content (AvgIpc) is 2.59. The molecule has 0 radical (unpaired) electrons. The lowest BCUT2D eigenvalue weighted by molar-refractivity contribution is 0.0486. The second-order valence-corrected chi connectivity index (χ2v) is 7.59. The number of likely N-dealkylation sites (tertiary alicyclic amines) is 1. The van der Waals surface area contributed by atoms with Crippen LogP contribution in [0.4, 0.5) is 0 Å². The van der Waals surface area contributed by atoms with Crippen molar-refractivity contribution in [1.29, 1.82) is 0 Å². The summed E-state index contributed by atoms with van der Waals surface area (Å²) >= 11 is 0. The van der Waals surface area contributed by atoms with Gasteiger partial charge in [0.05, 0.1) is 23.5 Å². The van der Waals surface area contributed by atoms with E-state index in [0.29, 0.717) is 12.1 Å². The molecule has 4 rings (SSSR count). The summed E-state index contributed by atoms with van der Waals surface area (Å²) in [7, 11) is 0. The maximum Gasteiger partial charge on any atom is 0.0604 e. The third-order valence-corrected chi connectivity index (χ3v) is 5.82. The maximum atomic E-state index is 4.78. The number of hydrogen-bond acceptors (Lipinski definition) is 4. The van der Waals surface area contributed by atoms with E-state index in [9.17, 15) is 0 Å². The maximum absolute atomic E-state index is 4.78. The second kappa shape index (κ2) is 7.22. The van der Waals surface area contributed by atoms with Crippen LogP contribution in [0.15, 0.2) is 36.7 Å². The number of nitrogens with zero attached hydrogens (tertiary/aromatic N) is 3. The predicted molar refractivity (Wildman–Crippen MR) is 100 cm³/mol.